The highest BCUT2D eigenvalue weighted by Crippen LogP contribution is 2.48. The molecule has 98 valence electrons. The number of hydrogen-bond acceptors (Lipinski definition) is 2. The van der Waals surface area contributed by atoms with Gasteiger partial charge in [-0.3, -0.25) is 4.79 Å². The summed E-state index contributed by atoms with van der Waals surface area (Å²) in [6.45, 7) is 3.48. The average molecular weight is 238 g/mol. The molecule has 1 atom stereocenters. The topological polar surface area (TPSA) is 55.1 Å². The van der Waals surface area contributed by atoms with Crippen LogP contribution in [-0.2, 0) is 4.79 Å². The molecule has 2 rings (SSSR count). The lowest BCUT2D eigenvalue weighted by Gasteiger charge is -2.19. The molecule has 0 spiro atoms. The minimum absolute atomic E-state index is 0.0269. The maximum Gasteiger partial charge on any atom is 0.224 e. The second-order valence-electron chi connectivity index (χ2n) is 5.81. The van der Waals surface area contributed by atoms with Gasteiger partial charge in [0.25, 0.3) is 0 Å². The zero-order chi connectivity index (χ0) is 12.3. The van der Waals surface area contributed by atoms with E-state index < -0.39 is 0 Å². The van der Waals surface area contributed by atoms with E-state index in [1.807, 2.05) is 0 Å². The lowest BCUT2D eigenvalue weighted by molar-refractivity contribution is -0.125. The maximum atomic E-state index is 12.0. The molecule has 2 aliphatic rings. The van der Waals surface area contributed by atoms with Gasteiger partial charge in [0.15, 0.2) is 0 Å². The molecular formula is C14H26N2O. The molecule has 17 heavy (non-hydrogen) atoms. The predicted molar refractivity (Wildman–Crippen MR) is 69.4 cm³/mol. The molecule has 0 aromatic rings. The van der Waals surface area contributed by atoms with Crippen LogP contribution in [0.3, 0.4) is 0 Å². The van der Waals surface area contributed by atoms with Crippen molar-refractivity contribution in [2.75, 3.05) is 13.1 Å². The third kappa shape index (κ3) is 3.70. The van der Waals surface area contributed by atoms with E-state index in [1.165, 1.54) is 25.7 Å². The van der Waals surface area contributed by atoms with Gasteiger partial charge in [0.1, 0.15) is 0 Å². The molecule has 0 aromatic heterocycles. The van der Waals surface area contributed by atoms with Crippen molar-refractivity contribution in [2.24, 2.45) is 29.4 Å². The highest BCUT2D eigenvalue weighted by molar-refractivity contribution is 5.78. The van der Waals surface area contributed by atoms with Crippen LogP contribution >= 0.6 is 0 Å². The monoisotopic (exact) mass is 238 g/mol. The standard InChI is InChI=1S/C14H26N2O/c1-2-3-12(8-15)14(17)16-9-13(10-4-5-10)11-6-7-11/h10-13H,2-9,15H2,1H3,(H,16,17). The van der Waals surface area contributed by atoms with Gasteiger partial charge in [0.05, 0.1) is 5.92 Å². The molecule has 1 amide bonds. The SMILES string of the molecule is CCCC(CN)C(=O)NCC(C1CC1)C1CC1. The summed E-state index contributed by atoms with van der Waals surface area (Å²) in [5, 5.41) is 3.14. The summed E-state index contributed by atoms with van der Waals surface area (Å²) in [4.78, 5) is 12.0. The zero-order valence-electron chi connectivity index (χ0n) is 11.0. The van der Waals surface area contributed by atoms with Crippen molar-refractivity contribution < 1.29 is 4.79 Å². The lowest BCUT2D eigenvalue weighted by atomic mass is 9.97. The van der Waals surface area contributed by atoms with Gasteiger partial charge in [-0.2, -0.15) is 0 Å². The maximum absolute atomic E-state index is 12.0. The van der Waals surface area contributed by atoms with Gasteiger partial charge in [-0.1, -0.05) is 13.3 Å². The van der Waals surface area contributed by atoms with Gasteiger partial charge < -0.3 is 11.1 Å². The van der Waals surface area contributed by atoms with Crippen LogP contribution in [0.2, 0.25) is 0 Å². The molecule has 3 heteroatoms. The Morgan fingerprint density at radius 3 is 2.29 bits per heavy atom. The van der Waals surface area contributed by atoms with Crippen molar-refractivity contribution in [3.63, 3.8) is 0 Å². The first-order valence-electron chi connectivity index (χ1n) is 7.24. The van der Waals surface area contributed by atoms with Crippen molar-refractivity contribution in [1.29, 1.82) is 0 Å². The largest absolute Gasteiger partial charge is 0.356 e. The zero-order valence-corrected chi connectivity index (χ0v) is 11.0. The van der Waals surface area contributed by atoms with Crippen LogP contribution in [0.25, 0.3) is 0 Å². The number of hydrogen-bond donors (Lipinski definition) is 2. The Bertz CT molecular complexity index is 247. The number of carbonyl (C=O) groups is 1. The van der Waals surface area contributed by atoms with Crippen LogP contribution in [0.15, 0.2) is 0 Å². The average Bonchev–Trinajstić information content (AvgIpc) is 3.16. The summed E-state index contributed by atoms with van der Waals surface area (Å²) in [5.74, 6) is 2.79. The number of carbonyl (C=O) groups excluding carboxylic acids is 1. The number of amides is 1. The Labute approximate surface area is 105 Å². The fourth-order valence-electron chi connectivity index (χ4n) is 2.83. The molecule has 3 N–H and O–H groups in total. The molecule has 0 bridgehead atoms. The first kappa shape index (κ1) is 12.9. The molecule has 0 aliphatic heterocycles. The van der Waals surface area contributed by atoms with Crippen molar-refractivity contribution in [1.82, 2.24) is 5.32 Å². The van der Waals surface area contributed by atoms with E-state index in [1.54, 1.807) is 0 Å². The first-order valence-corrected chi connectivity index (χ1v) is 7.24. The fourth-order valence-corrected chi connectivity index (χ4v) is 2.83. The van der Waals surface area contributed by atoms with Crippen molar-refractivity contribution in [2.45, 2.75) is 45.4 Å². The third-order valence-corrected chi connectivity index (χ3v) is 4.26. The molecule has 2 fully saturated rings. The lowest BCUT2D eigenvalue weighted by Crippen LogP contribution is -2.38. The summed E-state index contributed by atoms with van der Waals surface area (Å²) in [7, 11) is 0. The Morgan fingerprint density at radius 1 is 1.29 bits per heavy atom. The second kappa shape index (κ2) is 5.85. The van der Waals surface area contributed by atoms with Crippen LogP contribution in [0.1, 0.15) is 45.4 Å². The minimum atomic E-state index is 0.0269. The molecule has 2 saturated carbocycles. The van der Waals surface area contributed by atoms with Gasteiger partial charge in [-0.05, 0) is 49.9 Å². The van der Waals surface area contributed by atoms with Gasteiger partial charge >= 0.3 is 0 Å². The summed E-state index contributed by atoms with van der Waals surface area (Å²) >= 11 is 0. The highest BCUT2D eigenvalue weighted by Gasteiger charge is 2.41. The van der Waals surface area contributed by atoms with Crippen molar-refractivity contribution in [3.05, 3.63) is 0 Å². The summed E-state index contributed by atoms with van der Waals surface area (Å²) < 4.78 is 0. The van der Waals surface area contributed by atoms with Crippen molar-refractivity contribution >= 4 is 5.91 Å². The smallest absolute Gasteiger partial charge is 0.224 e. The Balaban J connectivity index is 1.73. The van der Waals surface area contributed by atoms with Gasteiger partial charge in [0, 0.05) is 13.1 Å². The van der Waals surface area contributed by atoms with E-state index in [0.29, 0.717) is 6.54 Å². The summed E-state index contributed by atoms with van der Waals surface area (Å²) in [6, 6.07) is 0. The molecule has 0 heterocycles. The van der Waals surface area contributed by atoms with E-state index in [9.17, 15) is 4.79 Å². The summed E-state index contributed by atoms with van der Waals surface area (Å²) in [6.07, 6.45) is 7.47. The molecule has 0 aromatic carbocycles. The van der Waals surface area contributed by atoms with E-state index >= 15 is 0 Å². The number of rotatable bonds is 8. The minimum Gasteiger partial charge on any atom is -0.356 e. The third-order valence-electron chi connectivity index (χ3n) is 4.26. The van der Waals surface area contributed by atoms with Crippen LogP contribution in [0.5, 0.6) is 0 Å². The Kier molecular flexibility index (Phi) is 4.43. The normalized spacial score (nSPS) is 21.6. The molecule has 0 saturated heterocycles. The van der Waals surface area contributed by atoms with Gasteiger partial charge in [-0.15, -0.1) is 0 Å². The first-order chi connectivity index (χ1) is 8.26. The quantitative estimate of drug-likeness (QED) is 0.678. The summed E-state index contributed by atoms with van der Waals surface area (Å²) in [5.41, 5.74) is 5.65. The highest BCUT2D eigenvalue weighted by atomic mass is 16.1. The number of nitrogens with two attached hydrogens (primary N) is 1. The van der Waals surface area contributed by atoms with Crippen LogP contribution in [-0.4, -0.2) is 19.0 Å². The molecule has 3 nitrogen and oxygen atoms in total. The van der Waals surface area contributed by atoms with Gasteiger partial charge in [0.2, 0.25) is 5.91 Å². The van der Waals surface area contributed by atoms with E-state index in [2.05, 4.69) is 12.2 Å². The van der Waals surface area contributed by atoms with E-state index in [4.69, 9.17) is 5.73 Å². The van der Waals surface area contributed by atoms with Crippen LogP contribution < -0.4 is 11.1 Å². The fraction of sp³-hybridized carbons (Fsp3) is 0.929. The Hall–Kier alpha value is -0.570. The Morgan fingerprint density at radius 2 is 1.88 bits per heavy atom. The molecule has 1 unspecified atom stereocenters. The van der Waals surface area contributed by atoms with Crippen molar-refractivity contribution in [3.8, 4) is 0 Å². The molecule has 0 radical (unpaired) electrons. The van der Waals surface area contributed by atoms with Crippen LogP contribution in [0.4, 0.5) is 0 Å². The molecule has 2 aliphatic carbocycles. The van der Waals surface area contributed by atoms with Gasteiger partial charge in [-0.25, -0.2) is 0 Å². The predicted octanol–water partition coefficient (Wildman–Crippen LogP) is 1.91. The molecular weight excluding hydrogens is 212 g/mol. The van der Waals surface area contributed by atoms with E-state index in [0.717, 1.165) is 37.1 Å². The van der Waals surface area contributed by atoms with Crippen LogP contribution in [0, 0.1) is 23.7 Å². The number of nitrogens with one attached hydrogen (secondary N) is 1. The van der Waals surface area contributed by atoms with E-state index in [-0.39, 0.29) is 11.8 Å². The second-order valence-corrected chi connectivity index (χ2v) is 5.81.